The molecule has 66 heavy (non-hydrogen) atoms. The minimum absolute atomic E-state index is 0.0538. The van der Waals surface area contributed by atoms with Gasteiger partial charge in [0, 0.05) is 45.8 Å². The summed E-state index contributed by atoms with van der Waals surface area (Å²) in [5.41, 5.74) is 0.589. The molecular formula is C59H105Cl2NO3S. The lowest BCUT2D eigenvalue weighted by molar-refractivity contribution is -0.243. The largest absolute Gasteiger partial charge is 0.371 e. The summed E-state index contributed by atoms with van der Waals surface area (Å²) < 4.78 is 19.4. The summed E-state index contributed by atoms with van der Waals surface area (Å²) in [6.45, 7) is 62.8. The lowest BCUT2D eigenvalue weighted by Crippen LogP contribution is -2.66. The molecule has 4 saturated heterocycles. The smallest absolute Gasteiger partial charge is 0.127 e. The quantitative estimate of drug-likeness (QED) is 0.282. The van der Waals surface area contributed by atoms with Crippen LogP contribution in [0, 0.1) is 73.9 Å². The first-order chi connectivity index (χ1) is 29.4. The number of ether oxygens (including phenoxy) is 3. The second-order valence-corrected chi connectivity index (χ2v) is 32.6. The Morgan fingerprint density at radius 3 is 1.29 bits per heavy atom. The van der Waals surface area contributed by atoms with Crippen LogP contribution in [0.5, 0.6) is 0 Å². The molecule has 4 heterocycles. The predicted molar refractivity (Wildman–Crippen MR) is 289 cm³/mol. The first-order valence-corrected chi connectivity index (χ1v) is 27.9. The Morgan fingerprint density at radius 2 is 0.879 bits per heavy atom. The van der Waals surface area contributed by atoms with Crippen LogP contribution in [-0.4, -0.2) is 68.7 Å². The molecule has 5 fully saturated rings. The molecule has 1 saturated carbocycles. The van der Waals surface area contributed by atoms with Gasteiger partial charge >= 0.3 is 0 Å². The second-order valence-electron chi connectivity index (χ2n) is 29.9. The van der Waals surface area contributed by atoms with Gasteiger partial charge < -0.3 is 14.2 Å². The standard InChI is InChI=1S/C22H36OS.C21H41NO.C16H28Cl2O/c1-15-18(24-16-13-11-10-12-14-16)17(20(2,3)4)19(21(5,6)7)23-22(15,8)9;1-15-17(22-13-11-10-12-14-22)16(19(2,3)4)18(20(5,6)7)23-21(15,8)9;1-13(2,3)10-9-11(16(9,17)18)15(7,8)19-12(10)14(4,5)6/h10-15,17-19H,1-9H3;15-18H,10-14H2,1-9H3;9-12H,1-8H3/t15-,17?,18-,19?;15-,16?,17?,18?;/m00./s1. The number of rotatable bonds is 3. The van der Waals surface area contributed by atoms with Crippen LogP contribution in [-0.2, 0) is 14.2 Å². The van der Waals surface area contributed by atoms with E-state index in [-0.39, 0.29) is 67.4 Å². The number of likely N-dealkylation sites (tertiary alicyclic amines) is 1. The number of halogens is 2. The Hall–Kier alpha value is -0.0100. The van der Waals surface area contributed by atoms with Gasteiger partial charge in [-0.1, -0.05) is 163 Å². The minimum atomic E-state index is -0.624. The third-order valence-electron chi connectivity index (χ3n) is 16.8. The molecule has 5 aliphatic rings. The van der Waals surface area contributed by atoms with E-state index in [2.05, 4.69) is 215 Å². The van der Waals surface area contributed by atoms with Crippen molar-refractivity contribution in [1.29, 1.82) is 0 Å². The summed E-state index contributed by atoms with van der Waals surface area (Å²) in [5.74, 6) is 3.10. The van der Waals surface area contributed by atoms with E-state index in [1.165, 1.54) is 37.2 Å². The summed E-state index contributed by atoms with van der Waals surface area (Å²) in [7, 11) is 0. The van der Waals surface area contributed by atoms with Crippen LogP contribution in [0.2, 0.25) is 0 Å². The van der Waals surface area contributed by atoms with E-state index in [1.54, 1.807) is 0 Å². The van der Waals surface area contributed by atoms with Crippen molar-refractivity contribution in [2.24, 2.45) is 73.9 Å². The van der Waals surface area contributed by atoms with Crippen LogP contribution in [0.4, 0.5) is 0 Å². The Kier molecular flexibility index (Phi) is 17.6. The predicted octanol–water partition coefficient (Wildman–Crippen LogP) is 17.3. The monoisotopic (exact) mass is 978 g/mol. The van der Waals surface area contributed by atoms with E-state index in [0.29, 0.717) is 52.9 Å². The molecule has 0 bridgehead atoms. The van der Waals surface area contributed by atoms with Crippen LogP contribution in [0.1, 0.15) is 199 Å². The lowest BCUT2D eigenvalue weighted by Gasteiger charge is -2.60. The van der Waals surface area contributed by atoms with Crippen molar-refractivity contribution < 1.29 is 14.2 Å². The van der Waals surface area contributed by atoms with Gasteiger partial charge in [-0.3, -0.25) is 4.90 Å². The molecule has 1 aromatic carbocycles. The highest BCUT2D eigenvalue weighted by Gasteiger charge is 2.77. The van der Waals surface area contributed by atoms with E-state index in [1.807, 2.05) is 11.8 Å². The third-order valence-corrected chi connectivity index (χ3v) is 19.3. The number of hydrogen-bond donors (Lipinski definition) is 0. The molecule has 12 atom stereocenters. The highest BCUT2D eigenvalue weighted by molar-refractivity contribution is 8.00. The Bertz CT molecular complexity index is 1710. The van der Waals surface area contributed by atoms with Gasteiger partial charge in [0.25, 0.3) is 0 Å². The molecule has 0 N–H and O–H groups in total. The summed E-state index contributed by atoms with van der Waals surface area (Å²) in [5, 5.41) is 0.542. The molecule has 1 aromatic rings. The van der Waals surface area contributed by atoms with E-state index in [4.69, 9.17) is 37.4 Å². The summed E-state index contributed by atoms with van der Waals surface area (Å²) in [4.78, 5) is 4.18. The number of nitrogens with zero attached hydrogens (tertiary/aromatic N) is 1. The first-order valence-electron chi connectivity index (χ1n) is 26.3. The molecule has 9 unspecified atom stereocenters. The molecule has 7 heteroatoms. The number of alkyl halides is 2. The zero-order valence-electron chi connectivity index (χ0n) is 47.7. The maximum Gasteiger partial charge on any atom is 0.127 e. The fourth-order valence-corrected chi connectivity index (χ4v) is 15.8. The van der Waals surface area contributed by atoms with Gasteiger partial charge in [-0.05, 0) is 124 Å². The van der Waals surface area contributed by atoms with Gasteiger partial charge in [-0.2, -0.15) is 0 Å². The lowest BCUT2D eigenvalue weighted by atomic mass is 9.60. The van der Waals surface area contributed by atoms with Crippen LogP contribution >= 0.6 is 35.0 Å². The van der Waals surface area contributed by atoms with Gasteiger partial charge in [0.15, 0.2) is 0 Å². The number of thioether (sulfide) groups is 1. The molecule has 6 rings (SSSR count). The highest BCUT2D eigenvalue weighted by atomic mass is 35.5. The Morgan fingerprint density at radius 1 is 0.500 bits per heavy atom. The molecular weight excluding hydrogens is 874 g/mol. The summed E-state index contributed by atoms with van der Waals surface area (Å²) >= 11 is 15.2. The number of benzene rings is 1. The Labute approximate surface area is 424 Å². The maximum atomic E-state index is 6.78. The topological polar surface area (TPSA) is 30.9 Å². The number of piperidine rings is 1. The Balaban J connectivity index is 0.000000218. The molecule has 0 aromatic heterocycles. The van der Waals surface area contributed by atoms with Crippen molar-refractivity contribution in [3.63, 3.8) is 0 Å². The van der Waals surface area contributed by atoms with Crippen LogP contribution < -0.4 is 0 Å². The highest BCUT2D eigenvalue weighted by Crippen LogP contribution is 2.73. The zero-order valence-corrected chi connectivity index (χ0v) is 50.0. The van der Waals surface area contributed by atoms with E-state index >= 15 is 0 Å². The SMILES string of the molecule is CC(C)(C)C1OC(C)(C)C2C(C1C(C)(C)C)C2(Cl)Cl.C[C@H]1C(N2CCCCC2)C(C(C)(C)C)C(C(C)(C)C)OC1(C)C.C[C@H]1[C@H](Sc2ccccc2)C(C(C)(C)C)C(C(C)(C)C)OC1(C)C. The molecule has 4 aliphatic heterocycles. The first kappa shape index (κ1) is 58.6. The van der Waals surface area contributed by atoms with Crippen molar-refractivity contribution >= 4 is 35.0 Å². The minimum Gasteiger partial charge on any atom is -0.371 e. The van der Waals surface area contributed by atoms with Gasteiger partial charge in [-0.25, -0.2) is 0 Å². The molecule has 0 amide bonds. The maximum absolute atomic E-state index is 6.78. The fraction of sp³-hybridized carbons (Fsp3) is 0.898. The third kappa shape index (κ3) is 13.1. The van der Waals surface area contributed by atoms with Crippen LogP contribution in [0.25, 0.3) is 0 Å². The van der Waals surface area contributed by atoms with E-state index in [9.17, 15) is 0 Å². The van der Waals surface area contributed by atoms with Crippen molar-refractivity contribution in [1.82, 2.24) is 4.90 Å². The normalized spacial score (nSPS) is 35.9. The van der Waals surface area contributed by atoms with Crippen molar-refractivity contribution in [3.8, 4) is 0 Å². The van der Waals surface area contributed by atoms with Crippen LogP contribution in [0.15, 0.2) is 35.2 Å². The van der Waals surface area contributed by atoms with Gasteiger partial charge in [0.2, 0.25) is 0 Å². The summed E-state index contributed by atoms with van der Waals surface area (Å²) in [6, 6.07) is 11.5. The molecule has 1 aliphatic carbocycles. The number of hydrogen-bond acceptors (Lipinski definition) is 5. The van der Waals surface area contributed by atoms with Gasteiger partial charge in [0.05, 0.1) is 35.1 Å². The van der Waals surface area contributed by atoms with E-state index < -0.39 is 4.33 Å². The van der Waals surface area contributed by atoms with Crippen molar-refractivity contribution in [2.75, 3.05) is 13.1 Å². The van der Waals surface area contributed by atoms with Gasteiger partial charge in [-0.15, -0.1) is 35.0 Å². The molecule has 4 nitrogen and oxygen atoms in total. The van der Waals surface area contributed by atoms with E-state index in [0.717, 1.165) is 0 Å². The fourth-order valence-electron chi connectivity index (χ4n) is 12.8. The molecule has 384 valence electrons. The van der Waals surface area contributed by atoms with Crippen LogP contribution in [0.3, 0.4) is 0 Å². The van der Waals surface area contributed by atoms with Crippen molar-refractivity contribution in [2.45, 2.75) is 255 Å². The molecule has 0 radical (unpaired) electrons. The average Bonchev–Trinajstić information content (AvgIpc) is 3.71. The zero-order chi connectivity index (χ0) is 51.0. The summed E-state index contributed by atoms with van der Waals surface area (Å²) in [6.07, 6.45) is 4.87. The number of fused-ring (bicyclic) bond motifs is 1. The molecule has 0 spiro atoms. The van der Waals surface area contributed by atoms with Gasteiger partial charge in [0.1, 0.15) is 4.33 Å². The second kappa shape index (κ2) is 19.8. The van der Waals surface area contributed by atoms with Crippen molar-refractivity contribution in [3.05, 3.63) is 30.3 Å². The average molecular weight is 979 g/mol.